The van der Waals surface area contributed by atoms with Crippen molar-refractivity contribution in [3.8, 4) is 0 Å². The Morgan fingerprint density at radius 2 is 2.00 bits per heavy atom. The van der Waals surface area contributed by atoms with Gasteiger partial charge in [-0.15, -0.1) is 0 Å². The fourth-order valence-corrected chi connectivity index (χ4v) is 3.31. The summed E-state index contributed by atoms with van der Waals surface area (Å²) in [6.45, 7) is 2.08. The second-order valence-electron chi connectivity index (χ2n) is 6.52. The molecule has 27 heavy (non-hydrogen) atoms. The van der Waals surface area contributed by atoms with Crippen molar-refractivity contribution in [2.75, 3.05) is 5.32 Å². The number of aromatic amines is 1. The van der Waals surface area contributed by atoms with E-state index in [2.05, 4.69) is 22.4 Å². The Bertz CT molecular complexity index is 1190. The fraction of sp³-hybridized carbons (Fsp3) is 0.190. The van der Waals surface area contributed by atoms with Gasteiger partial charge in [-0.3, -0.25) is 9.59 Å². The number of amides is 1. The molecule has 0 bridgehead atoms. The van der Waals surface area contributed by atoms with E-state index >= 15 is 0 Å². The summed E-state index contributed by atoms with van der Waals surface area (Å²) >= 11 is 0. The number of H-pyrrole nitrogens is 1. The predicted octanol–water partition coefficient (Wildman–Crippen LogP) is 3.80. The number of para-hydroxylation sites is 1. The summed E-state index contributed by atoms with van der Waals surface area (Å²) in [6, 6.07) is 14.6. The van der Waals surface area contributed by atoms with E-state index in [1.807, 2.05) is 36.4 Å². The van der Waals surface area contributed by atoms with E-state index in [1.54, 1.807) is 12.1 Å². The number of aromatic nitrogens is 2. The van der Waals surface area contributed by atoms with Crippen molar-refractivity contribution in [1.29, 1.82) is 0 Å². The van der Waals surface area contributed by atoms with Crippen molar-refractivity contribution in [2.45, 2.75) is 26.2 Å². The lowest BCUT2D eigenvalue weighted by molar-refractivity contribution is -0.115. The summed E-state index contributed by atoms with van der Waals surface area (Å²) in [5.41, 5.74) is 3.49. The number of anilines is 1. The monoisotopic (exact) mass is 361 g/mol. The minimum absolute atomic E-state index is 0.113. The Kier molecular flexibility index (Phi) is 4.46. The highest BCUT2D eigenvalue weighted by molar-refractivity contribution is 5.96. The Morgan fingerprint density at radius 3 is 2.85 bits per heavy atom. The molecule has 2 N–H and O–H groups in total. The molecule has 2 aromatic heterocycles. The molecule has 0 aliphatic rings. The van der Waals surface area contributed by atoms with Gasteiger partial charge in [-0.05, 0) is 36.2 Å². The number of pyridine rings is 1. The lowest BCUT2D eigenvalue weighted by Gasteiger charge is -2.08. The first-order valence-corrected chi connectivity index (χ1v) is 8.93. The molecule has 0 saturated heterocycles. The molecule has 0 saturated carbocycles. The number of hydrogen-bond donors (Lipinski definition) is 2. The van der Waals surface area contributed by atoms with E-state index in [1.165, 1.54) is 0 Å². The first-order chi connectivity index (χ1) is 13.1. The van der Waals surface area contributed by atoms with Crippen LogP contribution in [-0.4, -0.2) is 16.0 Å². The molecule has 4 rings (SSSR count). The second-order valence-corrected chi connectivity index (χ2v) is 6.52. The Balaban J connectivity index is 1.57. The summed E-state index contributed by atoms with van der Waals surface area (Å²) in [5.74, 6) is -0.194. The standard InChI is InChI=1S/C21H19N3O3/c1-2-5-13-10-20(25)23-17-11-14(8-9-15(13)17)22-21(26)12-18-16-6-3-4-7-19(16)27-24-18/h3-4,6-11H,2,5,12H2,1H3,(H,22,26)(H,23,25). The molecule has 1 amide bonds. The van der Waals surface area contributed by atoms with E-state index in [4.69, 9.17) is 4.52 Å². The molecule has 0 aliphatic heterocycles. The van der Waals surface area contributed by atoms with Crippen LogP contribution in [0.1, 0.15) is 24.6 Å². The van der Waals surface area contributed by atoms with Crippen LogP contribution in [0.4, 0.5) is 5.69 Å². The van der Waals surface area contributed by atoms with Crippen LogP contribution < -0.4 is 10.9 Å². The minimum Gasteiger partial charge on any atom is -0.356 e. The smallest absolute Gasteiger partial charge is 0.248 e. The SMILES string of the molecule is CCCc1cc(=O)[nH]c2cc(NC(=O)Cc3noc4ccccc34)ccc12. The van der Waals surface area contributed by atoms with Gasteiger partial charge in [0, 0.05) is 22.5 Å². The van der Waals surface area contributed by atoms with Crippen molar-refractivity contribution in [3.05, 3.63) is 70.1 Å². The van der Waals surface area contributed by atoms with Crippen molar-refractivity contribution in [3.63, 3.8) is 0 Å². The molecule has 0 fully saturated rings. The molecule has 0 unspecified atom stereocenters. The van der Waals surface area contributed by atoms with Gasteiger partial charge in [0.05, 0.1) is 11.9 Å². The zero-order chi connectivity index (χ0) is 18.8. The summed E-state index contributed by atoms with van der Waals surface area (Å²) in [5, 5.41) is 8.68. The minimum atomic E-state index is -0.194. The molecular formula is C21H19N3O3. The lowest BCUT2D eigenvalue weighted by atomic mass is 10.0. The van der Waals surface area contributed by atoms with E-state index in [0.717, 1.165) is 34.7 Å². The number of aryl methyl sites for hydroxylation is 1. The van der Waals surface area contributed by atoms with Crippen LogP contribution in [0, 0.1) is 0 Å². The van der Waals surface area contributed by atoms with Crippen LogP contribution in [0.3, 0.4) is 0 Å². The average molecular weight is 361 g/mol. The highest BCUT2D eigenvalue weighted by Gasteiger charge is 2.13. The van der Waals surface area contributed by atoms with Gasteiger partial charge in [-0.2, -0.15) is 0 Å². The second kappa shape index (κ2) is 7.07. The molecule has 136 valence electrons. The summed E-state index contributed by atoms with van der Waals surface area (Å²) in [7, 11) is 0. The number of fused-ring (bicyclic) bond motifs is 2. The first kappa shape index (κ1) is 17.0. The van der Waals surface area contributed by atoms with E-state index in [9.17, 15) is 9.59 Å². The number of hydrogen-bond acceptors (Lipinski definition) is 4. The van der Waals surface area contributed by atoms with Crippen molar-refractivity contribution in [1.82, 2.24) is 10.1 Å². The van der Waals surface area contributed by atoms with E-state index < -0.39 is 0 Å². The molecule has 6 heteroatoms. The summed E-state index contributed by atoms with van der Waals surface area (Å²) in [6.07, 6.45) is 1.91. The number of benzene rings is 2. The highest BCUT2D eigenvalue weighted by atomic mass is 16.5. The van der Waals surface area contributed by atoms with Crippen molar-refractivity contribution in [2.24, 2.45) is 0 Å². The molecule has 2 heterocycles. The zero-order valence-corrected chi connectivity index (χ0v) is 14.9. The molecule has 6 nitrogen and oxygen atoms in total. The third-order valence-electron chi connectivity index (χ3n) is 4.51. The van der Waals surface area contributed by atoms with Gasteiger partial charge in [0.2, 0.25) is 11.5 Å². The number of nitrogens with zero attached hydrogens (tertiary/aromatic N) is 1. The van der Waals surface area contributed by atoms with E-state index in [-0.39, 0.29) is 17.9 Å². The average Bonchev–Trinajstić information content (AvgIpc) is 3.04. The number of carbonyl (C=O) groups excluding carboxylic acids is 1. The molecule has 0 spiro atoms. The Labute approximate surface area is 155 Å². The van der Waals surface area contributed by atoms with E-state index in [0.29, 0.717) is 17.0 Å². The maximum absolute atomic E-state index is 12.4. The van der Waals surface area contributed by atoms with Gasteiger partial charge in [-0.25, -0.2) is 0 Å². The molecular weight excluding hydrogens is 342 g/mol. The summed E-state index contributed by atoms with van der Waals surface area (Å²) in [4.78, 5) is 27.2. The fourth-order valence-electron chi connectivity index (χ4n) is 3.31. The third kappa shape index (κ3) is 3.46. The van der Waals surface area contributed by atoms with Crippen LogP contribution in [0.15, 0.2) is 57.8 Å². The Hall–Kier alpha value is -3.41. The number of nitrogens with one attached hydrogen (secondary N) is 2. The van der Waals surface area contributed by atoms with Gasteiger partial charge in [-0.1, -0.05) is 36.7 Å². The van der Waals surface area contributed by atoms with Gasteiger partial charge >= 0.3 is 0 Å². The normalized spacial score (nSPS) is 11.1. The predicted molar refractivity (Wildman–Crippen MR) is 105 cm³/mol. The maximum atomic E-state index is 12.4. The van der Waals surface area contributed by atoms with Crippen LogP contribution >= 0.6 is 0 Å². The number of rotatable bonds is 5. The van der Waals surface area contributed by atoms with Crippen LogP contribution in [-0.2, 0) is 17.6 Å². The lowest BCUT2D eigenvalue weighted by Crippen LogP contribution is -2.15. The summed E-state index contributed by atoms with van der Waals surface area (Å²) < 4.78 is 5.24. The highest BCUT2D eigenvalue weighted by Crippen LogP contribution is 2.22. The Morgan fingerprint density at radius 1 is 1.15 bits per heavy atom. The maximum Gasteiger partial charge on any atom is 0.248 e. The largest absolute Gasteiger partial charge is 0.356 e. The van der Waals surface area contributed by atoms with Crippen molar-refractivity contribution < 1.29 is 9.32 Å². The van der Waals surface area contributed by atoms with Gasteiger partial charge in [0.15, 0.2) is 5.58 Å². The first-order valence-electron chi connectivity index (χ1n) is 8.93. The zero-order valence-electron chi connectivity index (χ0n) is 14.9. The third-order valence-corrected chi connectivity index (χ3v) is 4.51. The van der Waals surface area contributed by atoms with Gasteiger partial charge in [0.1, 0.15) is 5.69 Å². The van der Waals surface area contributed by atoms with Gasteiger partial charge < -0.3 is 14.8 Å². The molecule has 0 atom stereocenters. The van der Waals surface area contributed by atoms with Crippen molar-refractivity contribution >= 4 is 33.5 Å². The molecule has 0 aliphatic carbocycles. The van der Waals surface area contributed by atoms with Crippen LogP contribution in [0.25, 0.3) is 21.9 Å². The quantitative estimate of drug-likeness (QED) is 0.566. The van der Waals surface area contributed by atoms with Gasteiger partial charge in [0.25, 0.3) is 0 Å². The topological polar surface area (TPSA) is 88.0 Å². The van der Waals surface area contributed by atoms with Crippen LogP contribution in [0.5, 0.6) is 0 Å². The number of carbonyl (C=O) groups is 1. The molecule has 0 radical (unpaired) electrons. The molecule has 4 aromatic rings. The molecule has 2 aromatic carbocycles. The van der Waals surface area contributed by atoms with Crippen LogP contribution in [0.2, 0.25) is 0 Å².